The van der Waals surface area contributed by atoms with Crippen LogP contribution >= 0.6 is 11.3 Å². The van der Waals surface area contributed by atoms with Gasteiger partial charge >= 0.3 is 10.2 Å². The zero-order valence-electron chi connectivity index (χ0n) is 9.43. The Kier molecular flexibility index (Phi) is 5.20. The molecule has 0 bridgehead atoms. The number of hydrogen-bond donors (Lipinski definition) is 2. The maximum absolute atomic E-state index is 11.8. The average Bonchev–Trinajstić information content (AvgIpc) is 2.70. The largest absolute Gasteiger partial charge is 0.320 e. The molecule has 0 saturated heterocycles. The van der Waals surface area contributed by atoms with Crippen LogP contribution in [0.15, 0.2) is 16.8 Å². The predicted octanol–water partition coefficient (Wildman–Crippen LogP) is 0.946. The molecule has 0 amide bonds. The molecule has 0 fully saturated rings. The standard InChI is InChI=1S/C9H17N3O2S2/c1-10-5-3-6-12(2)16(13,14)11-9-4-7-15-8-9/h4,7-8,10-11H,3,5-6H2,1-2H3. The molecule has 0 aliphatic heterocycles. The molecule has 16 heavy (non-hydrogen) atoms. The number of rotatable bonds is 7. The van der Waals surface area contributed by atoms with E-state index in [2.05, 4.69) is 10.0 Å². The maximum atomic E-state index is 11.8. The van der Waals surface area contributed by atoms with E-state index in [9.17, 15) is 8.42 Å². The minimum Gasteiger partial charge on any atom is -0.320 e. The van der Waals surface area contributed by atoms with E-state index < -0.39 is 10.2 Å². The van der Waals surface area contributed by atoms with Gasteiger partial charge in [0.15, 0.2) is 0 Å². The molecule has 1 aromatic rings. The summed E-state index contributed by atoms with van der Waals surface area (Å²) in [5, 5.41) is 6.57. The number of anilines is 1. The van der Waals surface area contributed by atoms with Crippen LogP contribution in [0.25, 0.3) is 0 Å². The van der Waals surface area contributed by atoms with Crippen LogP contribution in [0.4, 0.5) is 5.69 Å². The molecule has 0 aliphatic rings. The van der Waals surface area contributed by atoms with Gasteiger partial charge in [0.2, 0.25) is 0 Å². The Bertz CT molecular complexity index is 389. The maximum Gasteiger partial charge on any atom is 0.301 e. The van der Waals surface area contributed by atoms with Crippen LogP contribution < -0.4 is 10.0 Å². The van der Waals surface area contributed by atoms with Gasteiger partial charge in [0.25, 0.3) is 0 Å². The number of nitrogens with zero attached hydrogens (tertiary/aromatic N) is 1. The van der Waals surface area contributed by atoms with Gasteiger partial charge in [-0.2, -0.15) is 24.1 Å². The Labute approximate surface area is 101 Å². The van der Waals surface area contributed by atoms with Gasteiger partial charge in [-0.05, 0) is 31.5 Å². The summed E-state index contributed by atoms with van der Waals surface area (Å²) in [4.78, 5) is 0. The first-order valence-corrected chi connectivity index (χ1v) is 7.35. The highest BCUT2D eigenvalue weighted by Crippen LogP contribution is 2.14. The Morgan fingerprint density at radius 1 is 1.50 bits per heavy atom. The molecule has 0 spiro atoms. The third kappa shape index (κ3) is 4.09. The summed E-state index contributed by atoms with van der Waals surface area (Å²) in [6.07, 6.45) is 0.789. The molecular weight excluding hydrogens is 246 g/mol. The van der Waals surface area contributed by atoms with Gasteiger partial charge in [-0.1, -0.05) is 0 Å². The van der Waals surface area contributed by atoms with Crippen LogP contribution in [0.5, 0.6) is 0 Å². The Hall–Kier alpha value is -0.630. The minimum atomic E-state index is -3.40. The normalized spacial score (nSPS) is 11.9. The molecule has 1 heterocycles. The average molecular weight is 263 g/mol. The second-order valence-corrected chi connectivity index (χ2v) is 5.96. The molecule has 1 aromatic heterocycles. The summed E-state index contributed by atoms with van der Waals surface area (Å²) in [7, 11) is 0.0176. The lowest BCUT2D eigenvalue weighted by Crippen LogP contribution is -2.34. The number of nitrogens with one attached hydrogen (secondary N) is 2. The lowest BCUT2D eigenvalue weighted by Gasteiger charge is -2.17. The highest BCUT2D eigenvalue weighted by atomic mass is 32.2. The van der Waals surface area contributed by atoms with E-state index in [4.69, 9.17) is 0 Å². The van der Waals surface area contributed by atoms with Crippen molar-refractivity contribution in [2.24, 2.45) is 0 Å². The predicted molar refractivity (Wildman–Crippen MR) is 68.0 cm³/mol. The fraction of sp³-hybridized carbons (Fsp3) is 0.556. The van der Waals surface area contributed by atoms with Crippen LogP contribution in [0.3, 0.4) is 0 Å². The first-order chi connectivity index (χ1) is 7.56. The van der Waals surface area contributed by atoms with Crippen molar-refractivity contribution >= 4 is 27.2 Å². The van der Waals surface area contributed by atoms with Crippen molar-refractivity contribution in [1.82, 2.24) is 9.62 Å². The monoisotopic (exact) mass is 263 g/mol. The Morgan fingerprint density at radius 2 is 2.25 bits per heavy atom. The zero-order valence-corrected chi connectivity index (χ0v) is 11.1. The third-order valence-corrected chi connectivity index (χ3v) is 4.26. The van der Waals surface area contributed by atoms with Crippen molar-refractivity contribution in [3.63, 3.8) is 0 Å². The van der Waals surface area contributed by atoms with Crippen molar-refractivity contribution < 1.29 is 8.42 Å². The smallest absolute Gasteiger partial charge is 0.301 e. The number of hydrogen-bond acceptors (Lipinski definition) is 4. The summed E-state index contributed by atoms with van der Waals surface area (Å²) in [6, 6.07) is 1.74. The third-order valence-electron chi connectivity index (χ3n) is 2.08. The van der Waals surface area contributed by atoms with Gasteiger partial charge in [-0.3, -0.25) is 4.72 Å². The van der Waals surface area contributed by atoms with E-state index in [0.717, 1.165) is 13.0 Å². The molecule has 0 aliphatic carbocycles. The SMILES string of the molecule is CNCCCN(C)S(=O)(=O)Nc1ccsc1. The first kappa shape index (κ1) is 13.4. The first-order valence-electron chi connectivity index (χ1n) is 4.97. The van der Waals surface area contributed by atoms with Crippen LogP contribution in [0, 0.1) is 0 Å². The molecular formula is C9H17N3O2S2. The zero-order chi connectivity index (χ0) is 12.0. The van der Waals surface area contributed by atoms with Gasteiger partial charge in [0.05, 0.1) is 5.69 Å². The van der Waals surface area contributed by atoms with Crippen molar-refractivity contribution in [3.8, 4) is 0 Å². The van der Waals surface area contributed by atoms with Gasteiger partial charge in [-0.15, -0.1) is 0 Å². The molecule has 5 nitrogen and oxygen atoms in total. The molecule has 0 saturated carbocycles. The van der Waals surface area contributed by atoms with E-state index in [0.29, 0.717) is 12.2 Å². The Balaban J connectivity index is 2.50. The molecule has 1 rings (SSSR count). The highest BCUT2D eigenvalue weighted by molar-refractivity contribution is 7.90. The van der Waals surface area contributed by atoms with E-state index in [1.165, 1.54) is 15.6 Å². The van der Waals surface area contributed by atoms with Crippen LogP contribution in [-0.4, -0.2) is 39.9 Å². The minimum absolute atomic E-state index is 0.500. The van der Waals surface area contributed by atoms with Gasteiger partial charge in [-0.25, -0.2) is 0 Å². The topological polar surface area (TPSA) is 61.4 Å². The van der Waals surface area contributed by atoms with Crippen molar-refractivity contribution in [1.29, 1.82) is 0 Å². The summed E-state index contributed by atoms with van der Waals surface area (Å²) in [6.45, 7) is 1.30. The van der Waals surface area contributed by atoms with Crippen LogP contribution in [0.2, 0.25) is 0 Å². The van der Waals surface area contributed by atoms with Gasteiger partial charge in [0.1, 0.15) is 0 Å². The molecule has 0 atom stereocenters. The van der Waals surface area contributed by atoms with E-state index in [1.54, 1.807) is 18.5 Å². The highest BCUT2D eigenvalue weighted by Gasteiger charge is 2.16. The van der Waals surface area contributed by atoms with Gasteiger partial charge in [0, 0.05) is 19.0 Å². The van der Waals surface area contributed by atoms with Gasteiger partial charge < -0.3 is 5.32 Å². The summed E-state index contributed by atoms with van der Waals surface area (Å²) in [5.74, 6) is 0. The fourth-order valence-electron chi connectivity index (χ4n) is 1.15. The molecule has 0 radical (unpaired) electrons. The molecule has 7 heteroatoms. The van der Waals surface area contributed by atoms with Crippen molar-refractivity contribution in [2.75, 3.05) is 31.9 Å². The lowest BCUT2D eigenvalue weighted by molar-refractivity contribution is 0.462. The van der Waals surface area contributed by atoms with E-state index in [1.807, 2.05) is 12.4 Å². The summed E-state index contributed by atoms with van der Waals surface area (Å²) < 4.78 is 27.4. The number of thiophene rings is 1. The lowest BCUT2D eigenvalue weighted by atomic mass is 10.4. The summed E-state index contributed by atoms with van der Waals surface area (Å²) in [5.41, 5.74) is 0.616. The fourth-order valence-corrected chi connectivity index (χ4v) is 2.76. The van der Waals surface area contributed by atoms with E-state index in [-0.39, 0.29) is 0 Å². The quantitative estimate of drug-likeness (QED) is 0.720. The van der Waals surface area contributed by atoms with E-state index >= 15 is 0 Å². The van der Waals surface area contributed by atoms with Crippen LogP contribution in [0.1, 0.15) is 6.42 Å². The Morgan fingerprint density at radius 3 is 2.81 bits per heavy atom. The van der Waals surface area contributed by atoms with Crippen molar-refractivity contribution in [3.05, 3.63) is 16.8 Å². The molecule has 0 unspecified atom stereocenters. The molecule has 0 aromatic carbocycles. The molecule has 2 N–H and O–H groups in total. The van der Waals surface area contributed by atoms with Crippen molar-refractivity contribution in [2.45, 2.75) is 6.42 Å². The summed E-state index contributed by atoms with van der Waals surface area (Å²) >= 11 is 1.46. The van der Waals surface area contributed by atoms with Crippen LogP contribution in [-0.2, 0) is 10.2 Å². The second kappa shape index (κ2) is 6.19. The molecule has 92 valence electrons. The second-order valence-electron chi connectivity index (χ2n) is 3.40.